The van der Waals surface area contributed by atoms with Gasteiger partial charge in [0.25, 0.3) is 0 Å². The van der Waals surface area contributed by atoms with Crippen LogP contribution in [0.4, 0.5) is 0 Å². The van der Waals surface area contributed by atoms with Gasteiger partial charge in [-0.1, -0.05) is 34.8 Å². The third kappa shape index (κ3) is 4.08. The van der Waals surface area contributed by atoms with Gasteiger partial charge in [-0.2, -0.15) is 0 Å². The van der Waals surface area contributed by atoms with Crippen LogP contribution in [0, 0.1) is 0 Å². The van der Waals surface area contributed by atoms with Crippen LogP contribution in [0.2, 0.25) is 15.1 Å². The van der Waals surface area contributed by atoms with Crippen molar-refractivity contribution in [3.63, 3.8) is 0 Å². The molecule has 0 unspecified atom stereocenters. The van der Waals surface area contributed by atoms with Crippen molar-refractivity contribution in [2.45, 2.75) is 77.0 Å². The quantitative estimate of drug-likeness (QED) is 0.231. The summed E-state index contributed by atoms with van der Waals surface area (Å²) in [5, 5.41) is 1.80. The summed E-state index contributed by atoms with van der Waals surface area (Å²) in [5.74, 6) is 0. The number of H-pyrrole nitrogens is 1. The van der Waals surface area contributed by atoms with Crippen LogP contribution < -0.4 is 0 Å². The predicted octanol–water partition coefficient (Wildman–Crippen LogP) is 8.78. The Labute approximate surface area is 240 Å². The Balaban J connectivity index is 1.88. The van der Waals surface area contributed by atoms with Crippen LogP contribution in [0.15, 0.2) is 48.5 Å². The number of rotatable bonds is 0. The molecule has 0 aliphatic carbocycles. The molecule has 0 spiro atoms. The summed E-state index contributed by atoms with van der Waals surface area (Å²) in [5.41, 5.74) is 4.86. The molecule has 5 rings (SSSR count). The highest BCUT2D eigenvalue weighted by Crippen LogP contribution is 2.43. The number of nitrogens with one attached hydrogen (secondary N) is 1. The molecule has 7 heteroatoms. The molecule has 4 aromatic heterocycles. The van der Waals surface area contributed by atoms with Crippen molar-refractivity contribution in [1.29, 1.82) is 0 Å². The number of nitrogens with zero attached hydrogens (tertiary/aromatic N) is 3. The number of hydrogen-bond acceptors (Lipinski definition) is 3. The van der Waals surface area contributed by atoms with Gasteiger partial charge in [0.1, 0.15) is 0 Å². The number of halogens is 3. The molecular weight excluding hydrogens is 535 g/mol. The Morgan fingerprint density at radius 2 is 0.763 bits per heavy atom. The molecule has 0 fully saturated rings. The lowest BCUT2D eigenvalue weighted by Gasteiger charge is -2.32. The highest BCUT2D eigenvalue weighted by molar-refractivity contribution is 6.32. The zero-order valence-corrected chi connectivity index (χ0v) is 25.4. The van der Waals surface area contributed by atoms with E-state index in [2.05, 4.69) is 72.5 Å². The van der Waals surface area contributed by atoms with Crippen LogP contribution >= 0.6 is 34.8 Å². The number of hydrogen-bond donors (Lipinski definition) is 1. The number of pyridine rings is 3. The highest BCUT2D eigenvalue weighted by atomic mass is 35.5. The van der Waals surface area contributed by atoms with E-state index in [9.17, 15) is 0 Å². The van der Waals surface area contributed by atoms with Crippen LogP contribution in [-0.2, 0) is 21.7 Å². The molecule has 1 aliphatic heterocycles. The third-order valence-electron chi connectivity index (χ3n) is 8.27. The van der Waals surface area contributed by atoms with Gasteiger partial charge in [-0.05, 0) is 104 Å². The SMILES string of the molecule is CC1(C)c2ccc(Cl)c(n2)C(C)(C)c2ccc(Cl)c(n2)C(C)(C)c2ccc(Cl)c(n2)C(C)(C)c2ccc1[nH]2. The van der Waals surface area contributed by atoms with Gasteiger partial charge >= 0.3 is 0 Å². The van der Waals surface area contributed by atoms with Crippen LogP contribution in [0.1, 0.15) is 101 Å². The van der Waals surface area contributed by atoms with Gasteiger partial charge < -0.3 is 4.98 Å². The Kier molecular flexibility index (Phi) is 6.30. The Bertz CT molecular complexity index is 1560. The van der Waals surface area contributed by atoms with Crippen LogP contribution in [0.3, 0.4) is 0 Å². The molecule has 5 heterocycles. The molecule has 1 N–H and O–H groups in total. The van der Waals surface area contributed by atoms with Crippen molar-refractivity contribution in [2.75, 3.05) is 0 Å². The first kappa shape index (κ1) is 27.2. The molecule has 0 amide bonds. The largest absolute Gasteiger partial charge is 0.361 e. The minimum Gasteiger partial charge on any atom is -0.361 e. The molecular formula is C31H33Cl3N4. The van der Waals surface area contributed by atoms with Gasteiger partial charge in [0.15, 0.2) is 0 Å². The fourth-order valence-electron chi connectivity index (χ4n) is 5.32. The second-order valence-electron chi connectivity index (χ2n) is 12.4. The molecule has 0 saturated carbocycles. The maximum absolute atomic E-state index is 6.81. The monoisotopic (exact) mass is 566 g/mol. The van der Waals surface area contributed by atoms with Crippen LogP contribution in [0.5, 0.6) is 0 Å². The average molecular weight is 568 g/mol. The van der Waals surface area contributed by atoms with Crippen LogP contribution in [-0.4, -0.2) is 19.9 Å². The summed E-state index contributed by atoms with van der Waals surface area (Å²) in [6.45, 7) is 17.0. The molecule has 0 radical (unpaired) electrons. The van der Waals surface area contributed by atoms with Gasteiger partial charge in [-0.3, -0.25) is 15.0 Å². The first-order chi connectivity index (χ1) is 17.6. The molecule has 4 aromatic rings. The second kappa shape index (κ2) is 8.81. The van der Waals surface area contributed by atoms with E-state index < -0.39 is 21.7 Å². The second-order valence-corrected chi connectivity index (χ2v) is 13.6. The summed E-state index contributed by atoms with van der Waals surface area (Å²) in [6.07, 6.45) is 0. The average Bonchev–Trinajstić information content (AvgIpc) is 3.36. The van der Waals surface area contributed by atoms with E-state index in [1.807, 2.05) is 36.4 Å². The van der Waals surface area contributed by atoms with E-state index in [1.54, 1.807) is 0 Å². The number of fused-ring (bicyclic) bond motifs is 8. The highest BCUT2D eigenvalue weighted by Gasteiger charge is 2.38. The van der Waals surface area contributed by atoms with E-state index in [0.29, 0.717) is 15.1 Å². The van der Waals surface area contributed by atoms with Gasteiger partial charge in [0.2, 0.25) is 0 Å². The fourth-order valence-corrected chi connectivity index (χ4v) is 6.34. The summed E-state index contributed by atoms with van der Waals surface area (Å²) >= 11 is 20.4. The van der Waals surface area contributed by atoms with Crippen molar-refractivity contribution in [1.82, 2.24) is 19.9 Å². The maximum Gasteiger partial charge on any atom is 0.0709 e. The molecule has 38 heavy (non-hydrogen) atoms. The first-order valence-corrected chi connectivity index (χ1v) is 13.9. The minimum absolute atomic E-state index is 0.416. The normalized spacial score (nSPS) is 18.7. The predicted molar refractivity (Wildman–Crippen MR) is 157 cm³/mol. The third-order valence-corrected chi connectivity index (χ3v) is 9.18. The number of aromatic nitrogens is 4. The lowest BCUT2D eigenvalue weighted by Crippen LogP contribution is -2.31. The van der Waals surface area contributed by atoms with E-state index in [-0.39, 0.29) is 0 Å². The molecule has 4 nitrogen and oxygen atoms in total. The summed E-state index contributed by atoms with van der Waals surface area (Å²) in [4.78, 5) is 19.2. The molecule has 0 atom stereocenters. The van der Waals surface area contributed by atoms with Gasteiger partial charge in [0, 0.05) is 22.2 Å². The van der Waals surface area contributed by atoms with Crippen molar-refractivity contribution >= 4 is 34.8 Å². The zero-order valence-electron chi connectivity index (χ0n) is 23.1. The van der Waals surface area contributed by atoms with Crippen molar-refractivity contribution in [2.24, 2.45) is 0 Å². The molecule has 1 aliphatic rings. The van der Waals surface area contributed by atoms with Crippen molar-refractivity contribution < 1.29 is 0 Å². The van der Waals surface area contributed by atoms with Gasteiger partial charge in [-0.25, -0.2) is 0 Å². The maximum atomic E-state index is 6.81. The Morgan fingerprint density at radius 1 is 0.447 bits per heavy atom. The molecule has 198 valence electrons. The van der Waals surface area contributed by atoms with Gasteiger partial charge in [0.05, 0.1) is 60.1 Å². The van der Waals surface area contributed by atoms with E-state index in [4.69, 9.17) is 49.8 Å². The lowest BCUT2D eigenvalue weighted by atomic mass is 9.79. The Hall–Kier alpha value is -2.40. The molecule has 0 aromatic carbocycles. The van der Waals surface area contributed by atoms with Crippen molar-refractivity contribution in [3.8, 4) is 0 Å². The van der Waals surface area contributed by atoms with Crippen LogP contribution in [0.25, 0.3) is 0 Å². The van der Waals surface area contributed by atoms with E-state index in [1.165, 1.54) is 0 Å². The topological polar surface area (TPSA) is 54.5 Å². The van der Waals surface area contributed by atoms with E-state index in [0.717, 1.165) is 45.6 Å². The summed E-state index contributed by atoms with van der Waals surface area (Å²) < 4.78 is 0. The first-order valence-electron chi connectivity index (χ1n) is 12.8. The summed E-state index contributed by atoms with van der Waals surface area (Å²) in [7, 11) is 0. The molecule has 0 saturated heterocycles. The molecule has 8 bridgehead atoms. The smallest absolute Gasteiger partial charge is 0.0709 e. The zero-order chi connectivity index (χ0) is 27.8. The number of aromatic amines is 1. The summed E-state index contributed by atoms with van der Waals surface area (Å²) in [6, 6.07) is 15.9. The van der Waals surface area contributed by atoms with E-state index >= 15 is 0 Å². The minimum atomic E-state index is -0.600. The van der Waals surface area contributed by atoms with Crippen molar-refractivity contribution in [3.05, 3.63) is 109 Å². The van der Waals surface area contributed by atoms with Gasteiger partial charge in [-0.15, -0.1) is 0 Å². The lowest BCUT2D eigenvalue weighted by molar-refractivity contribution is 0.528. The standard InChI is InChI=1S/C31H33Cl3N4/c1-28(2)20-15-16-22(35-20)29(3,4)25-18(33)10-13-24(37-25)31(7,8)27-19(34)11-14-23(38-27)30(5,6)26-17(32)9-12-21(28)36-26/h9-16,35H,1-8H3. The Morgan fingerprint density at radius 3 is 1.16 bits per heavy atom. The fraction of sp³-hybridized carbons (Fsp3) is 0.387.